The van der Waals surface area contributed by atoms with Crippen LogP contribution in [0.1, 0.15) is 94.1 Å². The van der Waals surface area contributed by atoms with Gasteiger partial charge in [0.25, 0.3) is 5.91 Å². The van der Waals surface area contributed by atoms with Crippen molar-refractivity contribution in [1.29, 1.82) is 5.26 Å². The van der Waals surface area contributed by atoms with Crippen LogP contribution in [0.4, 0.5) is 5.95 Å². The third-order valence-corrected chi connectivity index (χ3v) is 15.5. The SMILES string of the molecule is Cc1ncsc1-c1ccc([C@H](C)NC(=O)[C@@H]2C[C@@H](O)CN2C(=O)[C@@H](C(C)C)n2cc(-c3ccnc(OC4CN(c5ncc(C(=O)NC6C(C)(C)C(Oc7ccc(C#N)c(Cl)c7)C6(C)C)cn5)C4)c3)cn2)cc1. The van der Waals surface area contributed by atoms with Crippen LogP contribution in [0.2, 0.25) is 5.02 Å². The average molecular weight is 1010 g/mol. The van der Waals surface area contributed by atoms with Gasteiger partial charge in [0.1, 0.15) is 36.1 Å². The van der Waals surface area contributed by atoms with E-state index in [4.69, 9.17) is 21.1 Å². The maximum atomic E-state index is 14.4. The lowest BCUT2D eigenvalue weighted by molar-refractivity contribution is -0.164. The molecule has 6 aromatic rings. The number of carbonyl (C=O) groups is 3. The van der Waals surface area contributed by atoms with E-state index in [1.807, 2.05) is 108 Å². The zero-order valence-corrected chi connectivity index (χ0v) is 43.0. The van der Waals surface area contributed by atoms with Crippen LogP contribution in [0.5, 0.6) is 11.6 Å². The van der Waals surface area contributed by atoms with E-state index in [0.717, 1.165) is 32.8 Å². The van der Waals surface area contributed by atoms with Crippen molar-refractivity contribution in [2.75, 3.05) is 24.5 Å². The highest BCUT2D eigenvalue weighted by molar-refractivity contribution is 7.13. The number of nitrogens with zero attached hydrogens (tertiary/aromatic N) is 9. The van der Waals surface area contributed by atoms with E-state index >= 15 is 0 Å². The van der Waals surface area contributed by atoms with Gasteiger partial charge in [0.05, 0.1) is 63.7 Å². The van der Waals surface area contributed by atoms with Crippen molar-refractivity contribution in [3.05, 3.63) is 118 Å². The number of thiazole rings is 1. The van der Waals surface area contributed by atoms with E-state index in [-0.39, 0.29) is 60.9 Å². The van der Waals surface area contributed by atoms with E-state index in [1.165, 1.54) is 17.3 Å². The number of pyridine rings is 1. The maximum absolute atomic E-state index is 14.4. The predicted molar refractivity (Wildman–Crippen MR) is 272 cm³/mol. The third kappa shape index (κ3) is 9.85. The molecule has 9 rings (SSSR count). The molecule has 2 aromatic carbocycles. The Morgan fingerprint density at radius 2 is 1.62 bits per heavy atom. The minimum absolute atomic E-state index is 0.0414. The number of carbonyl (C=O) groups excluding carboxylic acids is 3. The lowest BCUT2D eigenvalue weighted by Crippen LogP contribution is -2.74. The highest BCUT2D eigenvalue weighted by Crippen LogP contribution is 2.55. The quantitative estimate of drug-likeness (QED) is 0.0905. The molecule has 3 N–H and O–H groups in total. The van der Waals surface area contributed by atoms with E-state index < -0.39 is 29.0 Å². The van der Waals surface area contributed by atoms with Gasteiger partial charge in [-0.1, -0.05) is 77.4 Å². The molecule has 17 nitrogen and oxygen atoms in total. The molecule has 0 bridgehead atoms. The minimum atomic E-state index is -0.844. The number of amides is 3. The van der Waals surface area contributed by atoms with Crippen LogP contribution in [-0.2, 0) is 9.59 Å². The number of hydrogen-bond acceptors (Lipinski definition) is 14. The summed E-state index contributed by atoms with van der Waals surface area (Å²) in [5, 5.41) is 31.2. The molecular formula is C53H58ClN11O6S. The van der Waals surface area contributed by atoms with Crippen LogP contribution in [-0.4, -0.2) is 107 Å². The number of anilines is 1. The molecule has 374 valence electrons. The Hall–Kier alpha value is -6.94. The monoisotopic (exact) mass is 1010 g/mol. The van der Waals surface area contributed by atoms with Crippen LogP contribution in [0.3, 0.4) is 0 Å². The van der Waals surface area contributed by atoms with Gasteiger partial charge in [-0.15, -0.1) is 11.3 Å². The second-order valence-electron chi connectivity index (χ2n) is 20.5. The molecule has 0 spiro atoms. The van der Waals surface area contributed by atoms with Crippen molar-refractivity contribution in [2.24, 2.45) is 16.7 Å². The van der Waals surface area contributed by atoms with Crippen molar-refractivity contribution in [2.45, 2.75) is 104 Å². The average Bonchev–Trinajstić information content (AvgIpc) is 4.11. The fraction of sp³-hybridized carbons (Fsp3) is 0.415. The molecule has 1 saturated carbocycles. The lowest BCUT2D eigenvalue weighted by atomic mass is 9.49. The van der Waals surface area contributed by atoms with Crippen molar-refractivity contribution < 1.29 is 29.0 Å². The van der Waals surface area contributed by atoms with E-state index in [2.05, 4.69) is 41.7 Å². The number of nitriles is 1. The molecule has 2 saturated heterocycles. The molecule has 6 heterocycles. The van der Waals surface area contributed by atoms with Gasteiger partial charge < -0.3 is 35.0 Å². The first kappa shape index (κ1) is 50.0. The number of aromatic nitrogens is 6. The Balaban J connectivity index is 0.776. The maximum Gasteiger partial charge on any atom is 0.254 e. The number of nitrogens with one attached hydrogen (secondary N) is 2. The highest BCUT2D eigenvalue weighted by atomic mass is 35.5. The van der Waals surface area contributed by atoms with Gasteiger partial charge in [0, 0.05) is 72.3 Å². The van der Waals surface area contributed by atoms with Crippen LogP contribution in [0.15, 0.2) is 91.1 Å². The molecule has 0 radical (unpaired) electrons. The number of benzene rings is 2. The smallest absolute Gasteiger partial charge is 0.254 e. The zero-order chi connectivity index (χ0) is 51.2. The van der Waals surface area contributed by atoms with Crippen molar-refractivity contribution >= 4 is 46.6 Å². The third-order valence-electron chi connectivity index (χ3n) is 14.2. The number of ether oxygens (including phenoxy) is 2. The molecule has 3 fully saturated rings. The normalized spacial score (nSPS) is 21.0. The summed E-state index contributed by atoms with van der Waals surface area (Å²) in [6.45, 7) is 17.0. The molecule has 2 aliphatic heterocycles. The number of rotatable bonds is 15. The Morgan fingerprint density at radius 1 is 0.903 bits per heavy atom. The molecule has 4 atom stereocenters. The molecule has 1 aliphatic carbocycles. The van der Waals surface area contributed by atoms with Crippen molar-refractivity contribution in [3.63, 3.8) is 0 Å². The van der Waals surface area contributed by atoms with Crippen LogP contribution in [0.25, 0.3) is 21.6 Å². The van der Waals surface area contributed by atoms with Crippen molar-refractivity contribution in [1.82, 2.24) is 45.2 Å². The number of aryl methyl sites for hydroxylation is 1. The van der Waals surface area contributed by atoms with Gasteiger partial charge in [0.15, 0.2) is 0 Å². The summed E-state index contributed by atoms with van der Waals surface area (Å²) in [6, 6.07) is 16.6. The molecule has 3 aliphatic rings. The fourth-order valence-electron chi connectivity index (χ4n) is 10.6. The molecule has 3 amide bonds. The second-order valence-corrected chi connectivity index (χ2v) is 21.8. The number of hydrogen-bond donors (Lipinski definition) is 3. The first-order valence-electron chi connectivity index (χ1n) is 24.0. The minimum Gasteiger partial charge on any atom is -0.489 e. The molecule has 0 unspecified atom stereocenters. The van der Waals surface area contributed by atoms with Gasteiger partial charge in [-0.2, -0.15) is 10.4 Å². The summed E-state index contributed by atoms with van der Waals surface area (Å²) in [7, 11) is 0. The fourth-order valence-corrected chi connectivity index (χ4v) is 11.7. The van der Waals surface area contributed by atoms with Gasteiger partial charge in [-0.3, -0.25) is 19.1 Å². The summed E-state index contributed by atoms with van der Waals surface area (Å²) in [6.07, 6.45) is 7.08. The zero-order valence-electron chi connectivity index (χ0n) is 41.4. The topological polar surface area (TPSA) is 214 Å². The molecule has 72 heavy (non-hydrogen) atoms. The molecule has 4 aromatic heterocycles. The van der Waals surface area contributed by atoms with Gasteiger partial charge in [0.2, 0.25) is 23.6 Å². The standard InChI is InChI=1S/C53H58ClN11O6S/c1-29(2)44(48(69)64-25-38(66)18-42(64)47(68)61-30(3)32-9-11-33(12-10-32)45-31(4)59-28-72-45)65-24-37(23-60-65)34-15-16-56-43(17-34)70-40-26-63(27-40)51-57-21-36(22-58-51)46(67)62-49-52(5,6)50(53(49,7)8)71-39-14-13-35(20-55)41(54)19-39/h9-17,19,21-24,28-30,38,40,42,44,49-50,66H,18,25-27H2,1-8H3,(H,61,68)(H,62,67)/t30-,38+,42-,44+,49?,50?/m0/s1. The first-order valence-corrected chi connectivity index (χ1v) is 25.3. The summed E-state index contributed by atoms with van der Waals surface area (Å²) in [4.78, 5) is 64.0. The van der Waals surface area contributed by atoms with Crippen LogP contribution >= 0.6 is 22.9 Å². The Kier molecular flexibility index (Phi) is 13.8. The molecular weight excluding hydrogens is 954 g/mol. The van der Waals surface area contributed by atoms with Gasteiger partial charge in [-0.05, 0) is 54.7 Å². The number of aliphatic hydroxyl groups is 1. The largest absolute Gasteiger partial charge is 0.489 e. The van der Waals surface area contributed by atoms with Crippen LogP contribution in [0, 0.1) is 35.0 Å². The summed E-state index contributed by atoms with van der Waals surface area (Å²) in [5.41, 5.74) is 6.18. The second kappa shape index (κ2) is 19.9. The first-order chi connectivity index (χ1) is 34.3. The van der Waals surface area contributed by atoms with Crippen LogP contribution < -0.4 is 25.0 Å². The predicted octanol–water partition coefficient (Wildman–Crippen LogP) is 7.61. The van der Waals surface area contributed by atoms with E-state index in [9.17, 15) is 24.8 Å². The van der Waals surface area contributed by atoms with E-state index in [1.54, 1.807) is 46.6 Å². The summed E-state index contributed by atoms with van der Waals surface area (Å²) >= 11 is 7.84. The summed E-state index contributed by atoms with van der Waals surface area (Å²) < 4.78 is 14.3. The number of likely N-dealkylation sites (tertiary alicyclic amines) is 1. The Morgan fingerprint density at radius 3 is 2.28 bits per heavy atom. The Bertz CT molecular complexity index is 3000. The Labute approximate surface area is 427 Å². The number of β-amino-alcohol motifs (C(OH)–C–C–N with tert-alkyl or cyclic N) is 1. The summed E-state index contributed by atoms with van der Waals surface area (Å²) in [5.74, 6) is 0.366. The van der Waals surface area contributed by atoms with Gasteiger partial charge in [-0.25, -0.2) is 19.9 Å². The van der Waals surface area contributed by atoms with Crippen molar-refractivity contribution in [3.8, 4) is 39.3 Å². The lowest BCUT2D eigenvalue weighted by Gasteiger charge is -2.63. The van der Waals surface area contributed by atoms with E-state index in [0.29, 0.717) is 46.8 Å². The number of halogens is 1. The number of aliphatic hydroxyl groups excluding tert-OH is 1. The van der Waals surface area contributed by atoms with Gasteiger partial charge >= 0.3 is 0 Å². The highest BCUT2D eigenvalue weighted by Gasteiger charge is 2.64. The molecule has 19 heteroatoms.